The summed E-state index contributed by atoms with van der Waals surface area (Å²) in [4.78, 5) is 12.8. The fourth-order valence-electron chi connectivity index (χ4n) is 1.66. The average Bonchev–Trinajstić information content (AvgIpc) is 2.74. The van der Waals surface area contributed by atoms with E-state index in [0.29, 0.717) is 19.6 Å². The molecule has 1 saturated heterocycles. The van der Waals surface area contributed by atoms with Gasteiger partial charge in [0.25, 0.3) is 0 Å². The number of halogens is 2. The predicted molar refractivity (Wildman–Crippen MR) is 78.3 cm³/mol. The summed E-state index contributed by atoms with van der Waals surface area (Å²) in [5.41, 5.74) is 0. The highest BCUT2D eigenvalue weighted by Crippen LogP contribution is 2.22. The first kappa shape index (κ1) is 15.9. The molecule has 1 atom stereocenters. The molecule has 0 radical (unpaired) electrons. The molecule has 1 aliphatic heterocycles. The molecule has 18 heavy (non-hydrogen) atoms. The van der Waals surface area contributed by atoms with E-state index in [9.17, 15) is 4.79 Å². The van der Waals surface area contributed by atoms with E-state index in [-0.39, 0.29) is 24.4 Å². The van der Waals surface area contributed by atoms with Gasteiger partial charge in [0.2, 0.25) is 5.91 Å². The van der Waals surface area contributed by atoms with Crippen molar-refractivity contribution in [1.82, 2.24) is 10.6 Å². The van der Waals surface area contributed by atoms with E-state index in [0.717, 1.165) is 22.4 Å². The fourth-order valence-corrected chi connectivity index (χ4v) is 3.09. The maximum Gasteiger partial charge on any atom is 0.222 e. The largest absolute Gasteiger partial charge is 0.375 e. The zero-order valence-corrected chi connectivity index (χ0v) is 13.0. The quantitative estimate of drug-likeness (QED) is 0.868. The van der Waals surface area contributed by atoms with E-state index in [1.165, 1.54) is 0 Å². The Bertz CT molecular complexity index is 383. The van der Waals surface area contributed by atoms with Crippen molar-refractivity contribution in [3.63, 3.8) is 0 Å². The molecule has 2 heterocycles. The van der Waals surface area contributed by atoms with Gasteiger partial charge in [0.15, 0.2) is 0 Å². The second-order valence-electron chi connectivity index (χ2n) is 3.87. The third-order valence-corrected chi connectivity index (χ3v) is 4.48. The average molecular weight is 356 g/mol. The highest BCUT2D eigenvalue weighted by atomic mass is 79.9. The molecule has 0 aromatic carbocycles. The topological polar surface area (TPSA) is 50.4 Å². The van der Waals surface area contributed by atoms with Crippen LogP contribution in [0.25, 0.3) is 0 Å². The third-order valence-electron chi connectivity index (χ3n) is 2.55. The molecule has 1 aliphatic rings. The van der Waals surface area contributed by atoms with Crippen molar-refractivity contribution < 1.29 is 9.53 Å². The highest BCUT2D eigenvalue weighted by molar-refractivity contribution is 9.10. The first-order valence-corrected chi connectivity index (χ1v) is 7.24. The summed E-state index contributed by atoms with van der Waals surface area (Å²) in [6.07, 6.45) is 0.436. The molecule has 1 unspecified atom stereocenters. The first-order valence-electron chi connectivity index (χ1n) is 5.56. The highest BCUT2D eigenvalue weighted by Gasteiger charge is 2.17. The van der Waals surface area contributed by atoms with Crippen molar-refractivity contribution in [2.75, 3.05) is 19.7 Å². The third kappa shape index (κ3) is 4.85. The summed E-state index contributed by atoms with van der Waals surface area (Å²) in [6.45, 7) is 2.90. The Hall–Kier alpha value is -0.140. The smallest absolute Gasteiger partial charge is 0.222 e. The van der Waals surface area contributed by atoms with Crippen LogP contribution in [-0.2, 0) is 16.1 Å². The van der Waals surface area contributed by atoms with Crippen molar-refractivity contribution in [2.45, 2.75) is 19.1 Å². The van der Waals surface area contributed by atoms with Gasteiger partial charge >= 0.3 is 0 Å². The van der Waals surface area contributed by atoms with Gasteiger partial charge in [0, 0.05) is 22.4 Å². The molecule has 1 aromatic heterocycles. The van der Waals surface area contributed by atoms with Gasteiger partial charge < -0.3 is 15.4 Å². The van der Waals surface area contributed by atoms with E-state index in [2.05, 4.69) is 26.6 Å². The molecule has 2 N–H and O–H groups in total. The van der Waals surface area contributed by atoms with Crippen LogP contribution in [0.1, 0.15) is 11.3 Å². The van der Waals surface area contributed by atoms with Crippen LogP contribution >= 0.6 is 39.7 Å². The summed E-state index contributed by atoms with van der Waals surface area (Å²) < 4.78 is 6.53. The molecule has 0 saturated carbocycles. The maximum atomic E-state index is 11.7. The Morgan fingerprint density at radius 1 is 1.67 bits per heavy atom. The molecule has 1 amide bonds. The normalized spacial score (nSPS) is 19.1. The number of rotatable bonds is 4. The fraction of sp³-hybridized carbons (Fsp3) is 0.545. The molecule has 102 valence electrons. The Morgan fingerprint density at radius 3 is 3.11 bits per heavy atom. The minimum Gasteiger partial charge on any atom is -0.375 e. The molecule has 0 spiro atoms. The standard InChI is InChI=1S/C11H15BrN2O2S.ClH/c12-9-1-4-17-10(9)7-14-11(15)5-8-6-13-2-3-16-8;/h1,4,8,13H,2-3,5-7H2,(H,14,15);1H. The van der Waals surface area contributed by atoms with Gasteiger partial charge in [-0.25, -0.2) is 0 Å². The predicted octanol–water partition coefficient (Wildman–Crippen LogP) is 1.93. The summed E-state index contributed by atoms with van der Waals surface area (Å²) in [5, 5.41) is 8.12. The van der Waals surface area contributed by atoms with Gasteiger partial charge in [-0.3, -0.25) is 4.79 Å². The van der Waals surface area contributed by atoms with E-state index >= 15 is 0 Å². The minimum absolute atomic E-state index is 0. The molecule has 7 heteroatoms. The lowest BCUT2D eigenvalue weighted by molar-refractivity contribution is -0.124. The molecule has 4 nitrogen and oxygen atoms in total. The number of ether oxygens (including phenoxy) is 1. The number of carbonyl (C=O) groups excluding carboxylic acids is 1. The van der Waals surface area contributed by atoms with Crippen LogP contribution in [0.5, 0.6) is 0 Å². The SMILES string of the molecule is Cl.O=C(CC1CNCCO1)NCc1sccc1Br. The van der Waals surface area contributed by atoms with Crippen molar-refractivity contribution in [2.24, 2.45) is 0 Å². The van der Waals surface area contributed by atoms with Crippen LogP contribution in [0.3, 0.4) is 0 Å². The second kappa shape index (κ2) is 8.12. The van der Waals surface area contributed by atoms with Gasteiger partial charge in [0.1, 0.15) is 0 Å². The number of morpholine rings is 1. The summed E-state index contributed by atoms with van der Waals surface area (Å²) >= 11 is 5.07. The van der Waals surface area contributed by atoms with Crippen LogP contribution in [0.2, 0.25) is 0 Å². The van der Waals surface area contributed by atoms with Gasteiger partial charge in [-0.2, -0.15) is 0 Å². The summed E-state index contributed by atoms with van der Waals surface area (Å²) in [5.74, 6) is 0.0407. The number of hydrogen-bond acceptors (Lipinski definition) is 4. The van der Waals surface area contributed by atoms with Crippen molar-refractivity contribution in [1.29, 1.82) is 0 Å². The van der Waals surface area contributed by atoms with Crippen molar-refractivity contribution in [3.8, 4) is 0 Å². The van der Waals surface area contributed by atoms with Crippen molar-refractivity contribution >= 4 is 45.6 Å². The minimum atomic E-state index is 0. The lowest BCUT2D eigenvalue weighted by Crippen LogP contribution is -2.41. The van der Waals surface area contributed by atoms with Gasteiger partial charge in [-0.05, 0) is 27.4 Å². The number of amides is 1. The van der Waals surface area contributed by atoms with E-state index in [1.54, 1.807) is 11.3 Å². The van der Waals surface area contributed by atoms with Crippen LogP contribution < -0.4 is 10.6 Å². The van der Waals surface area contributed by atoms with Crippen molar-refractivity contribution in [3.05, 3.63) is 20.8 Å². The Kier molecular flexibility index (Phi) is 7.18. The number of thiophene rings is 1. The van der Waals surface area contributed by atoms with E-state index < -0.39 is 0 Å². The van der Waals surface area contributed by atoms with E-state index in [4.69, 9.17) is 4.74 Å². The maximum absolute atomic E-state index is 11.7. The lowest BCUT2D eigenvalue weighted by Gasteiger charge is -2.22. The molecule has 1 aromatic rings. The Labute approximate surface area is 125 Å². The van der Waals surface area contributed by atoms with Crippen LogP contribution in [0.15, 0.2) is 15.9 Å². The molecule has 0 bridgehead atoms. The molecule has 0 aliphatic carbocycles. The monoisotopic (exact) mass is 354 g/mol. The zero-order chi connectivity index (χ0) is 12.1. The zero-order valence-electron chi connectivity index (χ0n) is 9.78. The summed E-state index contributed by atoms with van der Waals surface area (Å²) in [7, 11) is 0. The number of carbonyl (C=O) groups is 1. The van der Waals surface area contributed by atoms with Gasteiger partial charge in [-0.15, -0.1) is 23.7 Å². The number of nitrogens with one attached hydrogen (secondary N) is 2. The van der Waals surface area contributed by atoms with Crippen LogP contribution in [0, 0.1) is 0 Å². The Balaban J connectivity index is 0.00000162. The van der Waals surface area contributed by atoms with E-state index in [1.807, 2.05) is 11.4 Å². The molecular formula is C11H16BrClN2O2S. The molecule has 1 fully saturated rings. The first-order chi connectivity index (χ1) is 8.25. The van der Waals surface area contributed by atoms with Gasteiger partial charge in [-0.1, -0.05) is 0 Å². The van der Waals surface area contributed by atoms with Crippen LogP contribution in [0.4, 0.5) is 0 Å². The lowest BCUT2D eigenvalue weighted by atomic mass is 10.2. The number of hydrogen-bond donors (Lipinski definition) is 2. The van der Waals surface area contributed by atoms with Crippen LogP contribution in [-0.4, -0.2) is 31.7 Å². The van der Waals surface area contributed by atoms with Gasteiger partial charge in [0.05, 0.1) is 25.7 Å². The second-order valence-corrected chi connectivity index (χ2v) is 5.72. The molecular weight excluding hydrogens is 340 g/mol. The molecule has 2 rings (SSSR count). The Morgan fingerprint density at radius 2 is 2.50 bits per heavy atom. The summed E-state index contributed by atoms with van der Waals surface area (Å²) in [6, 6.07) is 1.99.